The van der Waals surface area contributed by atoms with Gasteiger partial charge in [-0.05, 0) is 12.1 Å². The largest absolute Gasteiger partial charge is 0.273 e. The number of hydrogen-bond donors (Lipinski definition) is 0. The van der Waals surface area contributed by atoms with Crippen molar-refractivity contribution in [1.82, 2.24) is 9.78 Å². The molecule has 2 amide bonds. The Morgan fingerprint density at radius 2 is 1.39 bits per heavy atom. The van der Waals surface area contributed by atoms with Crippen molar-refractivity contribution in [1.29, 1.82) is 0 Å². The van der Waals surface area contributed by atoms with Gasteiger partial charge >= 0.3 is 0 Å². The lowest BCUT2D eigenvalue weighted by Gasteiger charge is -2.13. The van der Waals surface area contributed by atoms with Crippen molar-refractivity contribution >= 4 is 17.5 Å². The predicted octanol–water partition coefficient (Wildman–Crippen LogP) is 2.89. The molecule has 0 atom stereocenters. The van der Waals surface area contributed by atoms with Crippen molar-refractivity contribution in [3.05, 3.63) is 71.9 Å². The Kier molecular flexibility index (Phi) is 2.87. The molecule has 4 rings (SSSR count). The zero-order valence-corrected chi connectivity index (χ0v) is 12.4. The molecule has 2 heterocycles. The lowest BCUT2D eigenvalue weighted by molar-refractivity contribution is 0.0926. The van der Waals surface area contributed by atoms with Gasteiger partial charge in [0, 0.05) is 18.8 Å². The van der Waals surface area contributed by atoms with E-state index in [9.17, 15) is 9.59 Å². The van der Waals surface area contributed by atoms with Gasteiger partial charge in [-0.3, -0.25) is 14.3 Å². The molecule has 23 heavy (non-hydrogen) atoms. The van der Waals surface area contributed by atoms with E-state index in [2.05, 4.69) is 5.10 Å². The third-order valence-electron chi connectivity index (χ3n) is 3.89. The highest BCUT2D eigenvalue weighted by Crippen LogP contribution is 2.34. The second-order valence-corrected chi connectivity index (χ2v) is 5.39. The number of aryl methyl sites for hydroxylation is 1. The Labute approximate surface area is 132 Å². The van der Waals surface area contributed by atoms with Gasteiger partial charge in [0.15, 0.2) is 0 Å². The molecule has 3 aromatic rings. The van der Waals surface area contributed by atoms with Gasteiger partial charge in [0.1, 0.15) is 5.69 Å². The van der Waals surface area contributed by atoms with Gasteiger partial charge in [-0.25, -0.2) is 4.90 Å². The van der Waals surface area contributed by atoms with Crippen LogP contribution in [0.5, 0.6) is 0 Å². The highest BCUT2D eigenvalue weighted by molar-refractivity contribution is 6.35. The summed E-state index contributed by atoms with van der Waals surface area (Å²) in [5.74, 6) is -0.619. The highest BCUT2D eigenvalue weighted by atomic mass is 16.2. The van der Waals surface area contributed by atoms with Gasteiger partial charge < -0.3 is 0 Å². The predicted molar refractivity (Wildman–Crippen MR) is 86.2 cm³/mol. The monoisotopic (exact) mass is 303 g/mol. The van der Waals surface area contributed by atoms with E-state index >= 15 is 0 Å². The van der Waals surface area contributed by atoms with E-state index in [4.69, 9.17) is 0 Å². The minimum Gasteiger partial charge on any atom is -0.273 e. The molecule has 2 aromatic carbocycles. The van der Waals surface area contributed by atoms with Gasteiger partial charge in [-0.1, -0.05) is 42.5 Å². The number of fused-ring (bicyclic) bond motifs is 1. The molecule has 0 N–H and O–H groups in total. The second kappa shape index (κ2) is 4.91. The van der Waals surface area contributed by atoms with E-state index in [1.807, 2.05) is 30.3 Å². The molecule has 0 bridgehead atoms. The van der Waals surface area contributed by atoms with E-state index in [-0.39, 0.29) is 11.8 Å². The number of carbonyl (C=O) groups is 2. The first-order valence-corrected chi connectivity index (χ1v) is 7.23. The highest BCUT2D eigenvalue weighted by Gasteiger charge is 2.38. The summed E-state index contributed by atoms with van der Waals surface area (Å²) in [4.78, 5) is 26.5. The fraction of sp³-hybridized carbons (Fsp3) is 0.0556. The van der Waals surface area contributed by atoms with E-state index in [0.717, 1.165) is 5.56 Å². The smallest absolute Gasteiger partial charge is 0.266 e. The van der Waals surface area contributed by atoms with E-state index in [0.29, 0.717) is 22.5 Å². The van der Waals surface area contributed by atoms with E-state index < -0.39 is 0 Å². The van der Waals surface area contributed by atoms with Crippen molar-refractivity contribution in [2.24, 2.45) is 7.05 Å². The van der Waals surface area contributed by atoms with Crippen LogP contribution in [0.2, 0.25) is 0 Å². The number of nitrogens with zero attached hydrogens (tertiary/aromatic N) is 3. The number of carbonyl (C=O) groups excluding carboxylic acids is 2. The molecule has 112 valence electrons. The summed E-state index contributed by atoms with van der Waals surface area (Å²) in [5, 5.41) is 4.43. The number of benzene rings is 2. The fourth-order valence-electron chi connectivity index (χ4n) is 2.85. The van der Waals surface area contributed by atoms with Gasteiger partial charge in [0.05, 0.1) is 16.8 Å². The van der Waals surface area contributed by atoms with Crippen LogP contribution in [0.4, 0.5) is 5.69 Å². The summed E-state index contributed by atoms with van der Waals surface area (Å²) in [6, 6.07) is 16.4. The number of rotatable bonds is 2. The van der Waals surface area contributed by atoms with Crippen molar-refractivity contribution < 1.29 is 9.59 Å². The minimum absolute atomic E-state index is 0.309. The molecule has 0 saturated carbocycles. The Bertz CT molecular complexity index is 893. The molecule has 1 aromatic heterocycles. The average molecular weight is 303 g/mol. The van der Waals surface area contributed by atoms with Crippen LogP contribution in [0.15, 0.2) is 60.8 Å². The number of aromatic nitrogens is 2. The van der Waals surface area contributed by atoms with Crippen LogP contribution in [0, 0.1) is 0 Å². The molecule has 0 spiro atoms. The third kappa shape index (κ3) is 1.97. The lowest BCUT2D eigenvalue weighted by Crippen LogP contribution is -2.29. The summed E-state index contributed by atoms with van der Waals surface area (Å²) < 4.78 is 1.61. The molecule has 0 fully saturated rings. The summed E-state index contributed by atoms with van der Waals surface area (Å²) >= 11 is 0. The van der Waals surface area contributed by atoms with Crippen LogP contribution in [0.25, 0.3) is 11.3 Å². The van der Waals surface area contributed by atoms with Crippen molar-refractivity contribution in [2.45, 2.75) is 0 Å². The summed E-state index contributed by atoms with van der Waals surface area (Å²) in [6.07, 6.45) is 1.70. The SMILES string of the molecule is Cn1cc(N2C(=O)c3ccccc3C2=O)c(-c2ccccc2)n1. The van der Waals surface area contributed by atoms with Gasteiger partial charge in [-0.2, -0.15) is 5.10 Å². The van der Waals surface area contributed by atoms with Gasteiger partial charge in [0.25, 0.3) is 11.8 Å². The molecule has 5 heteroatoms. The van der Waals surface area contributed by atoms with E-state index in [1.54, 1.807) is 42.2 Å². The number of imide groups is 1. The number of anilines is 1. The van der Waals surface area contributed by atoms with Crippen molar-refractivity contribution in [2.75, 3.05) is 4.90 Å². The first-order chi connectivity index (χ1) is 11.2. The van der Waals surface area contributed by atoms with Crippen molar-refractivity contribution in [3.8, 4) is 11.3 Å². The number of amides is 2. The topological polar surface area (TPSA) is 55.2 Å². The molecule has 0 aliphatic carbocycles. The summed E-state index contributed by atoms with van der Waals surface area (Å²) in [7, 11) is 1.77. The maximum atomic E-state index is 12.7. The first kappa shape index (κ1) is 13.5. The van der Waals surface area contributed by atoms with Crippen LogP contribution in [-0.2, 0) is 7.05 Å². The van der Waals surface area contributed by atoms with Crippen molar-refractivity contribution in [3.63, 3.8) is 0 Å². The van der Waals surface area contributed by atoms with Crippen LogP contribution < -0.4 is 4.90 Å². The van der Waals surface area contributed by atoms with Gasteiger partial charge in [-0.15, -0.1) is 0 Å². The second-order valence-electron chi connectivity index (χ2n) is 5.39. The molecule has 0 unspecified atom stereocenters. The minimum atomic E-state index is -0.309. The maximum absolute atomic E-state index is 12.7. The molecule has 0 saturated heterocycles. The van der Waals surface area contributed by atoms with Crippen LogP contribution in [-0.4, -0.2) is 21.6 Å². The lowest BCUT2D eigenvalue weighted by atomic mass is 10.1. The molecule has 1 aliphatic rings. The molecular weight excluding hydrogens is 290 g/mol. The zero-order valence-electron chi connectivity index (χ0n) is 12.4. The van der Waals surface area contributed by atoms with E-state index in [1.165, 1.54) is 4.90 Å². The molecule has 0 radical (unpaired) electrons. The quantitative estimate of drug-likeness (QED) is 0.684. The normalized spacial score (nSPS) is 13.5. The Balaban J connectivity index is 1.88. The summed E-state index contributed by atoms with van der Waals surface area (Å²) in [6.45, 7) is 0. The van der Waals surface area contributed by atoms with Crippen LogP contribution in [0.1, 0.15) is 20.7 Å². The average Bonchev–Trinajstić information content (AvgIpc) is 3.07. The van der Waals surface area contributed by atoms with Crippen LogP contribution >= 0.6 is 0 Å². The van der Waals surface area contributed by atoms with Crippen LogP contribution in [0.3, 0.4) is 0 Å². The maximum Gasteiger partial charge on any atom is 0.266 e. The Morgan fingerprint density at radius 3 is 2.00 bits per heavy atom. The Hall–Kier alpha value is -3.21. The number of hydrogen-bond acceptors (Lipinski definition) is 3. The molecular formula is C18H13N3O2. The third-order valence-corrected chi connectivity index (χ3v) is 3.89. The standard InChI is InChI=1S/C18H13N3O2/c1-20-11-15(16(19-20)12-7-3-2-4-8-12)21-17(22)13-9-5-6-10-14(13)18(21)23/h2-11H,1H3. The summed E-state index contributed by atoms with van der Waals surface area (Å²) in [5.41, 5.74) is 2.84. The van der Waals surface area contributed by atoms with Gasteiger partial charge in [0.2, 0.25) is 0 Å². The Morgan fingerprint density at radius 1 is 0.826 bits per heavy atom. The zero-order chi connectivity index (χ0) is 16.0. The first-order valence-electron chi connectivity index (χ1n) is 7.23. The molecule has 1 aliphatic heterocycles. The molecule has 5 nitrogen and oxygen atoms in total. The fourth-order valence-corrected chi connectivity index (χ4v) is 2.85.